The van der Waals surface area contributed by atoms with Gasteiger partial charge in [-0.2, -0.15) is 0 Å². The molecule has 1 aromatic rings. The predicted molar refractivity (Wildman–Crippen MR) is 77.9 cm³/mol. The summed E-state index contributed by atoms with van der Waals surface area (Å²) in [6.07, 6.45) is 1.68. The van der Waals surface area contributed by atoms with Crippen LogP contribution in [0.1, 0.15) is 16.8 Å². The molecule has 0 aliphatic rings. The Hall–Kier alpha value is -0.960. The molecule has 0 amide bonds. The first-order valence-electron chi connectivity index (χ1n) is 5.56. The Labute approximate surface area is 119 Å². The van der Waals surface area contributed by atoms with E-state index in [1.165, 1.54) is 21.6 Å². The SMILES string of the molecule is Cc1ncc(CSSCC(N)C(=O)O)c(CN)c1O. The molecule has 0 aliphatic heterocycles. The van der Waals surface area contributed by atoms with E-state index >= 15 is 0 Å². The van der Waals surface area contributed by atoms with Gasteiger partial charge < -0.3 is 21.7 Å². The summed E-state index contributed by atoms with van der Waals surface area (Å²) >= 11 is 0. The molecule has 1 aromatic heterocycles. The lowest BCUT2D eigenvalue weighted by Gasteiger charge is -2.11. The zero-order valence-electron chi connectivity index (χ0n) is 10.5. The van der Waals surface area contributed by atoms with Gasteiger partial charge in [0.25, 0.3) is 0 Å². The number of aromatic nitrogens is 1. The molecule has 0 aromatic carbocycles. The Balaban J connectivity index is 2.54. The maximum atomic E-state index is 10.5. The topological polar surface area (TPSA) is 122 Å². The summed E-state index contributed by atoms with van der Waals surface area (Å²) in [5, 5.41) is 18.5. The number of aliphatic carboxylic acids is 1. The molecule has 1 atom stereocenters. The molecule has 6 N–H and O–H groups in total. The van der Waals surface area contributed by atoms with Crippen molar-refractivity contribution in [3.05, 3.63) is 23.0 Å². The molecule has 0 saturated heterocycles. The fourth-order valence-electron chi connectivity index (χ4n) is 1.33. The Morgan fingerprint density at radius 3 is 2.79 bits per heavy atom. The number of aryl methyl sites for hydroxylation is 1. The smallest absolute Gasteiger partial charge is 0.321 e. The van der Waals surface area contributed by atoms with Crippen LogP contribution in [0.5, 0.6) is 5.75 Å². The Morgan fingerprint density at radius 1 is 1.53 bits per heavy atom. The number of carboxylic acids is 1. The highest BCUT2D eigenvalue weighted by Gasteiger charge is 2.13. The molecular weight excluding hydrogens is 286 g/mol. The van der Waals surface area contributed by atoms with Crippen molar-refractivity contribution in [2.24, 2.45) is 11.5 Å². The summed E-state index contributed by atoms with van der Waals surface area (Å²) < 4.78 is 0. The minimum Gasteiger partial charge on any atom is -0.506 e. The Morgan fingerprint density at radius 2 is 2.21 bits per heavy atom. The quantitative estimate of drug-likeness (QED) is 0.432. The van der Waals surface area contributed by atoms with Crippen molar-refractivity contribution in [2.75, 3.05) is 5.75 Å². The van der Waals surface area contributed by atoms with E-state index < -0.39 is 12.0 Å². The maximum Gasteiger partial charge on any atom is 0.321 e. The van der Waals surface area contributed by atoms with Crippen molar-refractivity contribution in [3.8, 4) is 5.75 Å². The molecule has 106 valence electrons. The Bertz CT molecular complexity index is 457. The molecule has 0 aliphatic carbocycles. The van der Waals surface area contributed by atoms with Crippen molar-refractivity contribution in [1.82, 2.24) is 4.98 Å². The number of pyridine rings is 1. The van der Waals surface area contributed by atoms with Gasteiger partial charge in [-0.3, -0.25) is 9.78 Å². The third-order valence-corrected chi connectivity index (χ3v) is 4.85. The normalized spacial score (nSPS) is 12.4. The fourth-order valence-corrected chi connectivity index (χ4v) is 3.54. The van der Waals surface area contributed by atoms with Gasteiger partial charge in [-0.05, 0) is 12.5 Å². The largest absolute Gasteiger partial charge is 0.506 e. The molecule has 0 fully saturated rings. The maximum absolute atomic E-state index is 10.5. The van der Waals surface area contributed by atoms with E-state index in [9.17, 15) is 9.90 Å². The van der Waals surface area contributed by atoms with E-state index in [4.69, 9.17) is 16.6 Å². The highest BCUT2D eigenvalue weighted by molar-refractivity contribution is 8.76. The number of carboxylic acid groups (broad SMARTS) is 1. The van der Waals surface area contributed by atoms with Crippen LogP contribution in [0.3, 0.4) is 0 Å². The van der Waals surface area contributed by atoms with E-state index in [0.717, 1.165) is 5.56 Å². The van der Waals surface area contributed by atoms with Crippen LogP contribution in [-0.4, -0.2) is 33.0 Å². The first-order valence-corrected chi connectivity index (χ1v) is 8.05. The summed E-state index contributed by atoms with van der Waals surface area (Å²) in [6, 6.07) is -0.865. The van der Waals surface area contributed by atoms with Gasteiger partial charge in [0.1, 0.15) is 11.8 Å². The first kappa shape index (κ1) is 16.1. The summed E-state index contributed by atoms with van der Waals surface area (Å²) in [5.41, 5.74) is 13.1. The average molecular weight is 303 g/mol. The second kappa shape index (κ2) is 7.59. The minimum absolute atomic E-state index is 0.132. The third kappa shape index (κ3) is 4.57. The molecule has 1 rings (SSSR count). The molecule has 0 bridgehead atoms. The van der Waals surface area contributed by atoms with Crippen LogP contribution in [-0.2, 0) is 17.1 Å². The number of rotatable bonds is 7. The van der Waals surface area contributed by atoms with Gasteiger partial charge in [0.05, 0.1) is 5.69 Å². The van der Waals surface area contributed by atoms with Gasteiger partial charge in [-0.15, -0.1) is 0 Å². The van der Waals surface area contributed by atoms with Crippen molar-refractivity contribution in [2.45, 2.75) is 25.3 Å². The number of nitrogens with two attached hydrogens (primary N) is 2. The lowest BCUT2D eigenvalue weighted by atomic mass is 10.1. The van der Waals surface area contributed by atoms with Crippen molar-refractivity contribution in [3.63, 3.8) is 0 Å². The average Bonchev–Trinajstić information content (AvgIpc) is 2.38. The second-order valence-electron chi connectivity index (χ2n) is 3.89. The van der Waals surface area contributed by atoms with E-state index in [0.29, 0.717) is 22.8 Å². The first-order chi connectivity index (χ1) is 8.97. The highest BCUT2D eigenvalue weighted by atomic mass is 33.1. The zero-order valence-corrected chi connectivity index (χ0v) is 12.1. The molecule has 0 spiro atoms. The van der Waals surface area contributed by atoms with Gasteiger partial charge >= 0.3 is 5.97 Å². The molecule has 0 radical (unpaired) electrons. The second-order valence-corrected chi connectivity index (χ2v) is 6.40. The fraction of sp³-hybridized carbons (Fsp3) is 0.455. The molecule has 6 nitrogen and oxygen atoms in total. The van der Waals surface area contributed by atoms with Gasteiger partial charge in [0, 0.05) is 29.8 Å². The summed E-state index contributed by atoms with van der Waals surface area (Å²) in [5.74, 6) is 0.0337. The molecule has 1 heterocycles. The monoisotopic (exact) mass is 303 g/mol. The summed E-state index contributed by atoms with van der Waals surface area (Å²) in [6.45, 7) is 1.95. The van der Waals surface area contributed by atoms with E-state index in [1.54, 1.807) is 13.1 Å². The molecule has 0 saturated carbocycles. The zero-order chi connectivity index (χ0) is 14.4. The van der Waals surface area contributed by atoms with Crippen LogP contribution < -0.4 is 11.5 Å². The number of hydrogen-bond acceptors (Lipinski definition) is 7. The van der Waals surface area contributed by atoms with Crippen LogP contribution >= 0.6 is 21.6 Å². The third-order valence-electron chi connectivity index (χ3n) is 2.50. The van der Waals surface area contributed by atoms with Crippen LogP contribution in [0.4, 0.5) is 0 Å². The van der Waals surface area contributed by atoms with Crippen molar-refractivity contribution >= 4 is 27.6 Å². The van der Waals surface area contributed by atoms with Gasteiger partial charge in [0.15, 0.2) is 0 Å². The molecule has 19 heavy (non-hydrogen) atoms. The number of aromatic hydroxyl groups is 1. The summed E-state index contributed by atoms with van der Waals surface area (Å²) in [4.78, 5) is 14.6. The van der Waals surface area contributed by atoms with Crippen LogP contribution in [0.15, 0.2) is 6.20 Å². The standard InChI is InChI=1S/C11H17N3O3S2/c1-6-10(15)8(2-12)7(3-14-6)4-18-19-5-9(13)11(16)17/h3,9,15H,2,4-5,12-13H2,1H3,(H,16,17). The van der Waals surface area contributed by atoms with Crippen LogP contribution in [0.25, 0.3) is 0 Å². The van der Waals surface area contributed by atoms with Crippen molar-refractivity contribution in [1.29, 1.82) is 0 Å². The van der Waals surface area contributed by atoms with Crippen LogP contribution in [0.2, 0.25) is 0 Å². The lowest BCUT2D eigenvalue weighted by Crippen LogP contribution is -2.32. The summed E-state index contributed by atoms with van der Waals surface area (Å²) in [7, 11) is 2.84. The van der Waals surface area contributed by atoms with Crippen molar-refractivity contribution < 1.29 is 15.0 Å². The van der Waals surface area contributed by atoms with E-state index in [1.807, 2.05) is 0 Å². The van der Waals surface area contributed by atoms with E-state index in [2.05, 4.69) is 4.98 Å². The minimum atomic E-state index is -1.01. The lowest BCUT2D eigenvalue weighted by molar-refractivity contribution is -0.137. The van der Waals surface area contributed by atoms with Gasteiger partial charge in [0.2, 0.25) is 0 Å². The number of nitrogens with zero attached hydrogens (tertiary/aromatic N) is 1. The molecule has 8 heteroatoms. The Kier molecular flexibility index (Phi) is 6.43. The molecular formula is C11H17N3O3S2. The molecule has 1 unspecified atom stereocenters. The van der Waals surface area contributed by atoms with E-state index in [-0.39, 0.29) is 12.3 Å². The highest BCUT2D eigenvalue weighted by Crippen LogP contribution is 2.31. The number of hydrogen-bond donors (Lipinski definition) is 4. The van der Waals surface area contributed by atoms with Crippen LogP contribution in [0, 0.1) is 6.92 Å². The van der Waals surface area contributed by atoms with Gasteiger partial charge in [-0.25, -0.2) is 0 Å². The number of carbonyl (C=O) groups is 1. The van der Waals surface area contributed by atoms with Gasteiger partial charge in [-0.1, -0.05) is 21.6 Å². The predicted octanol–water partition coefficient (Wildman–Crippen LogP) is 0.848.